The van der Waals surface area contributed by atoms with Crippen molar-refractivity contribution in [3.05, 3.63) is 45.9 Å². The number of aryl methyl sites for hydroxylation is 1. The fraction of sp³-hybridized carbons (Fsp3) is 0.167. The summed E-state index contributed by atoms with van der Waals surface area (Å²) in [5, 5.41) is 11.2. The number of rotatable bonds is 4. The predicted molar refractivity (Wildman–Crippen MR) is 75.7 cm³/mol. The first kappa shape index (κ1) is 14.6. The highest BCUT2D eigenvalue weighted by molar-refractivity contribution is 5.70. The molecule has 2 aromatic rings. The Morgan fingerprint density at radius 1 is 1.43 bits per heavy atom. The van der Waals surface area contributed by atoms with Crippen molar-refractivity contribution in [1.29, 1.82) is 0 Å². The Labute approximate surface area is 119 Å². The molecule has 0 saturated heterocycles. The lowest BCUT2D eigenvalue weighted by Gasteiger charge is -2.19. The van der Waals surface area contributed by atoms with E-state index in [1.807, 2.05) is 0 Å². The van der Waals surface area contributed by atoms with Gasteiger partial charge in [-0.2, -0.15) is 4.98 Å². The maximum absolute atomic E-state index is 13.3. The molecule has 1 heterocycles. The van der Waals surface area contributed by atoms with Gasteiger partial charge in [0, 0.05) is 12.7 Å². The number of hydrogen-bond acceptors (Lipinski definition) is 7. The lowest BCUT2D eigenvalue weighted by atomic mass is 10.2. The minimum absolute atomic E-state index is 0.0195. The van der Waals surface area contributed by atoms with Crippen LogP contribution in [0, 0.1) is 22.9 Å². The molecule has 0 aliphatic heterocycles. The Kier molecular flexibility index (Phi) is 3.94. The average Bonchev–Trinajstić information content (AvgIpc) is 2.45. The molecular weight excluding hydrogens is 279 g/mol. The van der Waals surface area contributed by atoms with E-state index in [4.69, 9.17) is 5.84 Å². The molecule has 0 radical (unpaired) electrons. The molecule has 0 unspecified atom stereocenters. The number of hydrogen-bond donors (Lipinski definition) is 2. The maximum Gasteiger partial charge on any atom is 0.333 e. The lowest BCUT2D eigenvalue weighted by Crippen LogP contribution is -2.18. The van der Waals surface area contributed by atoms with Crippen LogP contribution in [0.15, 0.2) is 24.3 Å². The van der Waals surface area contributed by atoms with Gasteiger partial charge in [0.15, 0.2) is 0 Å². The van der Waals surface area contributed by atoms with Gasteiger partial charge in [0.25, 0.3) is 0 Å². The van der Waals surface area contributed by atoms with Gasteiger partial charge in [-0.1, -0.05) is 6.07 Å². The van der Waals surface area contributed by atoms with E-state index in [0.717, 1.165) is 0 Å². The van der Waals surface area contributed by atoms with Crippen molar-refractivity contribution < 1.29 is 9.31 Å². The monoisotopic (exact) mass is 292 g/mol. The number of nitro groups is 1. The predicted octanol–water partition coefficient (Wildman–Crippen LogP) is 1.89. The van der Waals surface area contributed by atoms with Gasteiger partial charge in [0.1, 0.15) is 11.5 Å². The summed E-state index contributed by atoms with van der Waals surface area (Å²) >= 11 is 0. The molecule has 0 aliphatic rings. The highest BCUT2D eigenvalue weighted by Gasteiger charge is 2.25. The third-order valence-corrected chi connectivity index (χ3v) is 2.86. The molecule has 0 saturated carbocycles. The minimum atomic E-state index is -0.583. The first-order chi connectivity index (χ1) is 9.93. The molecule has 1 aromatic heterocycles. The number of nitrogens with two attached hydrogens (primary N) is 1. The van der Waals surface area contributed by atoms with E-state index < -0.39 is 10.7 Å². The van der Waals surface area contributed by atoms with Gasteiger partial charge >= 0.3 is 5.69 Å². The molecule has 21 heavy (non-hydrogen) atoms. The fourth-order valence-electron chi connectivity index (χ4n) is 1.87. The molecule has 0 atom stereocenters. The van der Waals surface area contributed by atoms with E-state index in [2.05, 4.69) is 15.4 Å². The van der Waals surface area contributed by atoms with Crippen molar-refractivity contribution in [2.24, 2.45) is 5.84 Å². The van der Waals surface area contributed by atoms with Crippen molar-refractivity contribution >= 4 is 23.1 Å². The summed E-state index contributed by atoms with van der Waals surface area (Å²) in [7, 11) is 1.55. The molecule has 0 bridgehead atoms. The minimum Gasteiger partial charge on any atom is -0.323 e. The van der Waals surface area contributed by atoms with E-state index in [1.165, 1.54) is 30.0 Å². The molecule has 1 aromatic carbocycles. The van der Waals surface area contributed by atoms with Crippen molar-refractivity contribution in [2.45, 2.75) is 6.92 Å². The zero-order valence-corrected chi connectivity index (χ0v) is 11.4. The summed E-state index contributed by atoms with van der Waals surface area (Å²) < 4.78 is 13.3. The van der Waals surface area contributed by atoms with E-state index >= 15 is 0 Å². The van der Waals surface area contributed by atoms with E-state index in [1.54, 1.807) is 13.1 Å². The zero-order chi connectivity index (χ0) is 15.6. The third kappa shape index (κ3) is 2.87. The second kappa shape index (κ2) is 5.67. The normalized spacial score (nSPS) is 10.3. The quantitative estimate of drug-likeness (QED) is 0.503. The highest BCUT2D eigenvalue weighted by Crippen LogP contribution is 2.33. The Bertz CT molecular complexity index is 693. The summed E-state index contributed by atoms with van der Waals surface area (Å²) in [5.74, 6) is 4.86. The molecule has 0 amide bonds. The van der Waals surface area contributed by atoms with Crippen LogP contribution in [0.2, 0.25) is 0 Å². The number of halogens is 1. The number of aromatic nitrogens is 2. The van der Waals surface area contributed by atoms with E-state index in [0.29, 0.717) is 5.69 Å². The van der Waals surface area contributed by atoms with Crippen LogP contribution in [-0.4, -0.2) is 21.9 Å². The standard InChI is InChI=1S/C12H13FN6O2/c1-7-10(19(20)21)11(16-12(15-7)17-14)18(2)9-5-3-4-8(13)6-9/h3-6H,14H2,1-2H3,(H,15,16,17). The summed E-state index contributed by atoms with van der Waals surface area (Å²) in [6.45, 7) is 1.48. The SMILES string of the molecule is Cc1nc(NN)nc(N(C)c2cccc(F)c2)c1[N+](=O)[O-]. The zero-order valence-electron chi connectivity index (χ0n) is 11.4. The lowest BCUT2D eigenvalue weighted by molar-refractivity contribution is -0.385. The summed E-state index contributed by atoms with van der Waals surface area (Å²) in [6, 6.07) is 5.64. The number of nitrogen functional groups attached to an aromatic ring is 1. The van der Waals surface area contributed by atoms with Crippen LogP contribution in [0.4, 0.5) is 27.5 Å². The van der Waals surface area contributed by atoms with Crippen LogP contribution in [0.25, 0.3) is 0 Å². The van der Waals surface area contributed by atoms with Gasteiger partial charge in [-0.25, -0.2) is 15.2 Å². The topological polar surface area (TPSA) is 110 Å². The van der Waals surface area contributed by atoms with Crippen molar-refractivity contribution in [3.8, 4) is 0 Å². The first-order valence-electron chi connectivity index (χ1n) is 5.93. The van der Waals surface area contributed by atoms with Gasteiger partial charge < -0.3 is 4.90 Å². The molecule has 9 heteroatoms. The Balaban J connectivity index is 2.60. The second-order valence-corrected chi connectivity index (χ2v) is 4.25. The molecule has 8 nitrogen and oxygen atoms in total. The van der Waals surface area contributed by atoms with Crippen molar-refractivity contribution in [2.75, 3.05) is 17.4 Å². The smallest absolute Gasteiger partial charge is 0.323 e. The number of hydrazine groups is 1. The van der Waals surface area contributed by atoms with Crippen LogP contribution in [-0.2, 0) is 0 Å². The van der Waals surface area contributed by atoms with Gasteiger partial charge in [-0.15, -0.1) is 0 Å². The summed E-state index contributed by atoms with van der Waals surface area (Å²) in [5.41, 5.74) is 2.55. The number of anilines is 3. The van der Waals surface area contributed by atoms with Crippen LogP contribution < -0.4 is 16.2 Å². The van der Waals surface area contributed by atoms with Gasteiger partial charge in [0.2, 0.25) is 11.8 Å². The van der Waals surface area contributed by atoms with Crippen molar-refractivity contribution in [1.82, 2.24) is 9.97 Å². The Hall–Kier alpha value is -2.81. The highest BCUT2D eigenvalue weighted by atomic mass is 19.1. The van der Waals surface area contributed by atoms with Crippen LogP contribution in [0.1, 0.15) is 5.69 Å². The molecule has 110 valence electrons. The fourth-order valence-corrected chi connectivity index (χ4v) is 1.87. The average molecular weight is 292 g/mol. The second-order valence-electron chi connectivity index (χ2n) is 4.25. The third-order valence-electron chi connectivity index (χ3n) is 2.86. The maximum atomic E-state index is 13.3. The van der Waals surface area contributed by atoms with Crippen LogP contribution in [0.5, 0.6) is 0 Å². The molecule has 0 spiro atoms. The molecular formula is C12H13FN6O2. The largest absolute Gasteiger partial charge is 0.333 e. The number of benzene rings is 1. The Morgan fingerprint density at radius 3 is 2.71 bits per heavy atom. The first-order valence-corrected chi connectivity index (χ1v) is 5.93. The summed E-state index contributed by atoms with van der Waals surface area (Å²) in [6.07, 6.45) is 0. The number of nitrogens with one attached hydrogen (secondary N) is 1. The van der Waals surface area contributed by atoms with Gasteiger partial charge in [0.05, 0.1) is 4.92 Å². The van der Waals surface area contributed by atoms with Crippen LogP contribution in [0.3, 0.4) is 0 Å². The molecule has 0 fully saturated rings. The van der Waals surface area contributed by atoms with E-state index in [9.17, 15) is 14.5 Å². The van der Waals surface area contributed by atoms with Gasteiger partial charge in [-0.05, 0) is 25.1 Å². The van der Waals surface area contributed by atoms with Gasteiger partial charge in [-0.3, -0.25) is 15.5 Å². The number of nitrogens with zero attached hydrogens (tertiary/aromatic N) is 4. The van der Waals surface area contributed by atoms with Crippen LogP contribution >= 0.6 is 0 Å². The summed E-state index contributed by atoms with van der Waals surface area (Å²) in [4.78, 5) is 19.9. The Morgan fingerprint density at radius 2 is 2.14 bits per heavy atom. The van der Waals surface area contributed by atoms with Crippen molar-refractivity contribution in [3.63, 3.8) is 0 Å². The van der Waals surface area contributed by atoms with E-state index in [-0.39, 0.29) is 23.1 Å². The molecule has 3 N–H and O–H groups in total. The molecule has 2 rings (SSSR count). The molecule has 0 aliphatic carbocycles.